The highest BCUT2D eigenvalue weighted by Gasteiger charge is 2.14. The number of benzene rings is 3. The lowest BCUT2D eigenvalue weighted by atomic mass is 10.0. The van der Waals surface area contributed by atoms with E-state index in [4.69, 9.17) is 9.72 Å². The van der Waals surface area contributed by atoms with Gasteiger partial charge in [0.25, 0.3) is 5.91 Å². The SMILES string of the molecule is COc1ccc2nc(-c3ccccc3)cc(C(=O)NN=Cc3cccc(O)c3)c2c1. The number of carbonyl (C=O) groups is 1. The first-order chi connectivity index (χ1) is 14.6. The third kappa shape index (κ3) is 4.12. The fourth-order valence-corrected chi connectivity index (χ4v) is 3.11. The number of hydrogen-bond donors (Lipinski definition) is 2. The second-order valence-electron chi connectivity index (χ2n) is 6.60. The van der Waals surface area contributed by atoms with Gasteiger partial charge in [-0.2, -0.15) is 5.10 Å². The molecule has 148 valence electrons. The van der Waals surface area contributed by atoms with Crippen LogP contribution in [0.3, 0.4) is 0 Å². The Hall–Kier alpha value is -4.19. The van der Waals surface area contributed by atoms with E-state index in [1.807, 2.05) is 42.5 Å². The average Bonchev–Trinajstić information content (AvgIpc) is 2.78. The summed E-state index contributed by atoms with van der Waals surface area (Å²) in [5.74, 6) is 0.392. The Kier molecular flexibility index (Phi) is 5.39. The molecule has 6 heteroatoms. The molecule has 0 bridgehead atoms. The number of nitrogens with zero attached hydrogens (tertiary/aromatic N) is 2. The molecule has 0 aliphatic heterocycles. The van der Waals surface area contributed by atoms with Gasteiger partial charge in [0.2, 0.25) is 0 Å². The molecule has 0 saturated carbocycles. The molecule has 4 aromatic rings. The minimum Gasteiger partial charge on any atom is -0.508 e. The Balaban J connectivity index is 1.72. The van der Waals surface area contributed by atoms with Gasteiger partial charge in [-0.15, -0.1) is 0 Å². The molecule has 2 N–H and O–H groups in total. The van der Waals surface area contributed by atoms with E-state index in [1.54, 1.807) is 43.5 Å². The van der Waals surface area contributed by atoms with Crippen LogP contribution in [-0.2, 0) is 0 Å². The van der Waals surface area contributed by atoms with E-state index in [-0.39, 0.29) is 11.7 Å². The zero-order chi connectivity index (χ0) is 20.9. The van der Waals surface area contributed by atoms with Gasteiger partial charge in [-0.25, -0.2) is 10.4 Å². The molecule has 1 amide bonds. The van der Waals surface area contributed by atoms with Gasteiger partial charge in [-0.05, 0) is 42.0 Å². The molecule has 4 rings (SSSR count). The predicted molar refractivity (Wildman–Crippen MR) is 117 cm³/mol. The number of hydrazone groups is 1. The zero-order valence-electron chi connectivity index (χ0n) is 16.2. The molecule has 0 aliphatic rings. The number of aromatic hydroxyl groups is 1. The third-order valence-electron chi connectivity index (χ3n) is 4.58. The molecular formula is C24H19N3O3. The van der Waals surface area contributed by atoms with Crippen LogP contribution in [0.15, 0.2) is 84.0 Å². The number of methoxy groups -OCH3 is 1. The van der Waals surface area contributed by atoms with Crippen LogP contribution >= 0.6 is 0 Å². The molecule has 3 aromatic carbocycles. The van der Waals surface area contributed by atoms with E-state index in [1.165, 1.54) is 6.21 Å². The highest BCUT2D eigenvalue weighted by atomic mass is 16.5. The lowest BCUT2D eigenvalue weighted by Crippen LogP contribution is -2.18. The van der Waals surface area contributed by atoms with E-state index in [0.29, 0.717) is 33.5 Å². The van der Waals surface area contributed by atoms with E-state index in [0.717, 1.165) is 5.56 Å². The van der Waals surface area contributed by atoms with E-state index in [2.05, 4.69) is 10.5 Å². The number of aromatic nitrogens is 1. The Labute approximate surface area is 173 Å². The number of pyridine rings is 1. The standard InChI is InChI=1S/C24H19N3O3/c1-30-19-10-11-22-20(13-19)21(14-23(26-22)17-7-3-2-4-8-17)24(29)27-25-15-16-6-5-9-18(28)12-16/h2-15,28H,1H3,(H,27,29). The highest BCUT2D eigenvalue weighted by Crippen LogP contribution is 2.27. The summed E-state index contributed by atoms with van der Waals surface area (Å²) in [6, 6.07) is 23.4. The van der Waals surface area contributed by atoms with Crippen molar-refractivity contribution >= 4 is 23.0 Å². The number of phenolic OH excluding ortho intramolecular Hbond substituents is 1. The minimum atomic E-state index is -0.371. The van der Waals surface area contributed by atoms with Gasteiger partial charge in [0, 0.05) is 10.9 Å². The van der Waals surface area contributed by atoms with Crippen molar-refractivity contribution in [1.82, 2.24) is 10.4 Å². The summed E-state index contributed by atoms with van der Waals surface area (Å²) in [4.78, 5) is 17.7. The second kappa shape index (κ2) is 8.45. The quantitative estimate of drug-likeness (QED) is 0.387. The summed E-state index contributed by atoms with van der Waals surface area (Å²) in [7, 11) is 1.58. The van der Waals surface area contributed by atoms with Crippen molar-refractivity contribution in [3.8, 4) is 22.8 Å². The molecule has 0 atom stereocenters. The van der Waals surface area contributed by atoms with Crippen LogP contribution in [0.4, 0.5) is 0 Å². The molecule has 30 heavy (non-hydrogen) atoms. The molecule has 0 unspecified atom stereocenters. The number of nitrogens with one attached hydrogen (secondary N) is 1. The summed E-state index contributed by atoms with van der Waals surface area (Å²) in [5, 5.41) is 14.2. The molecule has 0 fully saturated rings. The monoisotopic (exact) mass is 397 g/mol. The average molecular weight is 397 g/mol. The maximum atomic E-state index is 13.0. The van der Waals surface area contributed by atoms with Crippen molar-refractivity contribution in [2.75, 3.05) is 7.11 Å². The summed E-state index contributed by atoms with van der Waals surface area (Å²) < 4.78 is 5.31. The van der Waals surface area contributed by atoms with Gasteiger partial charge in [0.15, 0.2) is 0 Å². The second-order valence-corrected chi connectivity index (χ2v) is 6.60. The summed E-state index contributed by atoms with van der Waals surface area (Å²) in [6.07, 6.45) is 1.47. The van der Waals surface area contributed by atoms with Gasteiger partial charge >= 0.3 is 0 Å². The van der Waals surface area contributed by atoms with Crippen molar-refractivity contribution in [1.29, 1.82) is 0 Å². The molecule has 0 spiro atoms. The first kappa shape index (κ1) is 19.1. The van der Waals surface area contributed by atoms with Crippen LogP contribution in [0.1, 0.15) is 15.9 Å². The van der Waals surface area contributed by atoms with Gasteiger partial charge in [-0.3, -0.25) is 4.79 Å². The van der Waals surface area contributed by atoms with Crippen LogP contribution in [0, 0.1) is 0 Å². The Bertz CT molecular complexity index is 1240. The lowest BCUT2D eigenvalue weighted by Gasteiger charge is -2.10. The molecule has 6 nitrogen and oxygen atoms in total. The van der Waals surface area contributed by atoms with Crippen LogP contribution in [0.5, 0.6) is 11.5 Å². The predicted octanol–water partition coefficient (Wildman–Crippen LogP) is 4.38. The van der Waals surface area contributed by atoms with Crippen LogP contribution in [-0.4, -0.2) is 29.3 Å². The fraction of sp³-hybridized carbons (Fsp3) is 0.0417. The third-order valence-corrected chi connectivity index (χ3v) is 4.58. The van der Waals surface area contributed by atoms with Crippen molar-refractivity contribution < 1.29 is 14.6 Å². The van der Waals surface area contributed by atoms with E-state index < -0.39 is 0 Å². The number of carbonyl (C=O) groups excluding carboxylic acids is 1. The van der Waals surface area contributed by atoms with Gasteiger partial charge in [-0.1, -0.05) is 42.5 Å². The Morgan fingerprint density at radius 2 is 1.87 bits per heavy atom. The van der Waals surface area contributed by atoms with Crippen molar-refractivity contribution in [2.24, 2.45) is 5.10 Å². The Morgan fingerprint density at radius 3 is 2.63 bits per heavy atom. The number of rotatable bonds is 5. The van der Waals surface area contributed by atoms with Crippen LogP contribution in [0.25, 0.3) is 22.2 Å². The number of fused-ring (bicyclic) bond motifs is 1. The topological polar surface area (TPSA) is 83.8 Å². The molecule has 1 aromatic heterocycles. The smallest absolute Gasteiger partial charge is 0.272 e. The summed E-state index contributed by atoms with van der Waals surface area (Å²) >= 11 is 0. The highest BCUT2D eigenvalue weighted by molar-refractivity contribution is 6.07. The van der Waals surface area contributed by atoms with Crippen molar-refractivity contribution in [2.45, 2.75) is 0 Å². The van der Waals surface area contributed by atoms with E-state index >= 15 is 0 Å². The largest absolute Gasteiger partial charge is 0.508 e. The normalized spacial score (nSPS) is 11.0. The number of amides is 1. The summed E-state index contributed by atoms with van der Waals surface area (Å²) in [5.41, 5.74) is 5.94. The fourth-order valence-electron chi connectivity index (χ4n) is 3.11. The molecular weight excluding hydrogens is 378 g/mol. The van der Waals surface area contributed by atoms with Crippen LogP contribution < -0.4 is 10.2 Å². The Morgan fingerprint density at radius 1 is 1.03 bits per heavy atom. The number of phenols is 1. The number of hydrogen-bond acceptors (Lipinski definition) is 5. The van der Waals surface area contributed by atoms with Gasteiger partial charge in [0.05, 0.1) is 30.1 Å². The molecule has 0 aliphatic carbocycles. The van der Waals surface area contributed by atoms with Gasteiger partial charge < -0.3 is 9.84 Å². The van der Waals surface area contributed by atoms with Crippen molar-refractivity contribution in [3.05, 3.63) is 90.0 Å². The first-order valence-corrected chi connectivity index (χ1v) is 9.31. The maximum absolute atomic E-state index is 13.0. The van der Waals surface area contributed by atoms with E-state index in [9.17, 15) is 9.90 Å². The summed E-state index contributed by atoms with van der Waals surface area (Å²) in [6.45, 7) is 0. The molecule has 0 radical (unpaired) electrons. The molecule has 0 saturated heterocycles. The molecule has 1 heterocycles. The first-order valence-electron chi connectivity index (χ1n) is 9.31. The van der Waals surface area contributed by atoms with Gasteiger partial charge in [0.1, 0.15) is 11.5 Å². The zero-order valence-corrected chi connectivity index (χ0v) is 16.2. The lowest BCUT2D eigenvalue weighted by molar-refractivity contribution is 0.0956. The maximum Gasteiger partial charge on any atom is 0.272 e. The minimum absolute atomic E-state index is 0.130. The van der Waals surface area contributed by atoms with Crippen molar-refractivity contribution in [3.63, 3.8) is 0 Å². The number of ether oxygens (including phenoxy) is 1. The van der Waals surface area contributed by atoms with Crippen LogP contribution in [0.2, 0.25) is 0 Å².